The Kier molecular flexibility index (Phi) is 4.41. The fourth-order valence-corrected chi connectivity index (χ4v) is 2.16. The van der Waals surface area contributed by atoms with Crippen molar-refractivity contribution in [3.63, 3.8) is 0 Å². The van der Waals surface area contributed by atoms with Crippen LogP contribution in [0.15, 0.2) is 23.7 Å². The molecule has 0 atom stereocenters. The summed E-state index contributed by atoms with van der Waals surface area (Å²) in [5.74, 6) is -0.414. The van der Waals surface area contributed by atoms with Crippen molar-refractivity contribution >= 4 is 28.1 Å². The number of carbonyl (C=O) groups excluding carboxylic acids is 1. The van der Waals surface area contributed by atoms with E-state index in [4.69, 9.17) is 0 Å². The van der Waals surface area contributed by atoms with E-state index in [-0.39, 0.29) is 6.42 Å². The number of ether oxygens (including phenoxy) is 1. The molecule has 0 saturated heterocycles. The molecule has 2 aromatic rings. The Morgan fingerprint density at radius 2 is 2.19 bits per heavy atom. The molecule has 0 bridgehead atoms. The number of carbonyl (C=O) groups is 1. The Labute approximate surface area is 121 Å². The van der Waals surface area contributed by atoms with Gasteiger partial charge in [-0.3, -0.25) is 4.79 Å². The van der Waals surface area contributed by atoms with E-state index < -0.39 is 17.8 Å². The number of hydrogen-bond acceptors (Lipinski definition) is 6. The highest BCUT2D eigenvalue weighted by Gasteiger charge is 2.32. The number of halogens is 3. The van der Waals surface area contributed by atoms with Crippen molar-refractivity contribution in [1.82, 2.24) is 9.97 Å². The molecule has 0 amide bonds. The van der Waals surface area contributed by atoms with Crippen LogP contribution >= 0.6 is 11.3 Å². The number of alkyl halides is 3. The second-order valence-corrected chi connectivity index (χ2v) is 4.81. The minimum Gasteiger partial charge on any atom is -0.469 e. The van der Waals surface area contributed by atoms with Gasteiger partial charge in [0.15, 0.2) is 5.13 Å². The zero-order valence-electron chi connectivity index (χ0n) is 10.8. The molecular formula is C12H10F3N3O2S. The fraction of sp³-hybridized carbons (Fsp3) is 0.250. The number of aromatic nitrogens is 2. The minimum absolute atomic E-state index is 0.0416. The molecule has 0 unspecified atom stereocenters. The lowest BCUT2D eigenvalue weighted by atomic mass is 10.3. The van der Waals surface area contributed by atoms with E-state index in [1.807, 2.05) is 0 Å². The fourth-order valence-electron chi connectivity index (χ4n) is 1.42. The second-order valence-electron chi connectivity index (χ2n) is 3.95. The molecule has 2 heterocycles. The molecule has 0 aliphatic carbocycles. The van der Waals surface area contributed by atoms with E-state index in [1.54, 1.807) is 5.38 Å². The third-order valence-electron chi connectivity index (χ3n) is 2.41. The van der Waals surface area contributed by atoms with Crippen LogP contribution in [0.1, 0.15) is 11.4 Å². The lowest BCUT2D eigenvalue weighted by Crippen LogP contribution is -2.07. The number of methoxy groups -OCH3 is 1. The Balaban J connectivity index is 2.03. The first-order valence-electron chi connectivity index (χ1n) is 5.70. The summed E-state index contributed by atoms with van der Waals surface area (Å²) in [5.41, 5.74) is -0.0604. The van der Waals surface area contributed by atoms with Crippen LogP contribution < -0.4 is 5.32 Å². The maximum Gasteiger partial charge on any atom is 0.433 e. The summed E-state index contributed by atoms with van der Waals surface area (Å²) in [6.45, 7) is 0. The molecule has 0 fully saturated rings. The van der Waals surface area contributed by atoms with Crippen LogP contribution in [0.3, 0.4) is 0 Å². The van der Waals surface area contributed by atoms with Gasteiger partial charge in [0.05, 0.1) is 31.1 Å². The highest BCUT2D eigenvalue weighted by Crippen LogP contribution is 2.28. The SMILES string of the molecule is COC(=O)Cc1csc(Nc2ccc(C(F)(F)F)nc2)n1. The molecule has 0 saturated carbocycles. The Morgan fingerprint density at radius 3 is 2.76 bits per heavy atom. The number of rotatable bonds is 4. The Bertz CT molecular complexity index is 625. The van der Waals surface area contributed by atoms with Crippen LogP contribution in [-0.2, 0) is 22.1 Å². The molecule has 112 valence electrons. The van der Waals surface area contributed by atoms with E-state index in [0.717, 1.165) is 12.3 Å². The molecule has 2 aromatic heterocycles. The number of anilines is 2. The average molecular weight is 317 g/mol. The maximum absolute atomic E-state index is 12.4. The molecule has 0 spiro atoms. The van der Waals surface area contributed by atoms with Crippen LogP contribution in [-0.4, -0.2) is 23.0 Å². The molecule has 5 nitrogen and oxygen atoms in total. The van der Waals surface area contributed by atoms with Crippen molar-refractivity contribution in [3.8, 4) is 0 Å². The average Bonchev–Trinajstić information content (AvgIpc) is 2.85. The van der Waals surface area contributed by atoms with Gasteiger partial charge in [0.2, 0.25) is 0 Å². The maximum atomic E-state index is 12.4. The van der Waals surface area contributed by atoms with Gasteiger partial charge in [-0.1, -0.05) is 0 Å². The summed E-state index contributed by atoms with van der Waals surface area (Å²) in [6.07, 6.45) is -3.35. The Morgan fingerprint density at radius 1 is 1.43 bits per heavy atom. The molecule has 2 rings (SSSR count). The molecule has 21 heavy (non-hydrogen) atoms. The van der Waals surface area contributed by atoms with Gasteiger partial charge >= 0.3 is 12.1 Å². The minimum atomic E-state index is -4.46. The molecule has 0 radical (unpaired) electrons. The number of pyridine rings is 1. The normalized spacial score (nSPS) is 11.2. The predicted molar refractivity (Wildman–Crippen MR) is 70.4 cm³/mol. The third-order valence-corrected chi connectivity index (χ3v) is 3.22. The predicted octanol–water partition coefficient (Wildman–Crippen LogP) is 3.02. The number of thiazole rings is 1. The van der Waals surface area contributed by atoms with Crippen molar-refractivity contribution in [2.45, 2.75) is 12.6 Å². The van der Waals surface area contributed by atoms with Gasteiger partial charge in [-0.25, -0.2) is 9.97 Å². The standard InChI is InChI=1S/C12H10F3N3O2S/c1-20-10(19)4-8-6-21-11(18-8)17-7-2-3-9(16-5-7)12(13,14)15/h2-3,5-6H,4H2,1H3,(H,17,18). The van der Waals surface area contributed by atoms with Crippen molar-refractivity contribution in [2.24, 2.45) is 0 Å². The summed E-state index contributed by atoms with van der Waals surface area (Å²) in [5, 5.41) is 4.94. The molecule has 0 aliphatic rings. The first-order chi connectivity index (χ1) is 9.88. The quantitative estimate of drug-likeness (QED) is 0.878. The van der Waals surface area contributed by atoms with Gasteiger partial charge in [-0.15, -0.1) is 11.3 Å². The van der Waals surface area contributed by atoms with Crippen molar-refractivity contribution in [1.29, 1.82) is 0 Å². The molecule has 0 aromatic carbocycles. The smallest absolute Gasteiger partial charge is 0.433 e. The van der Waals surface area contributed by atoms with Gasteiger partial charge < -0.3 is 10.1 Å². The van der Waals surface area contributed by atoms with Crippen molar-refractivity contribution < 1.29 is 22.7 Å². The first kappa shape index (κ1) is 15.2. The van der Waals surface area contributed by atoms with E-state index in [0.29, 0.717) is 16.5 Å². The second kappa shape index (κ2) is 6.08. The van der Waals surface area contributed by atoms with Crippen LogP contribution in [0.25, 0.3) is 0 Å². The van der Waals surface area contributed by atoms with Gasteiger partial charge in [0.1, 0.15) is 5.69 Å². The van der Waals surface area contributed by atoms with Gasteiger partial charge in [-0.05, 0) is 12.1 Å². The van der Waals surface area contributed by atoms with Gasteiger partial charge in [0.25, 0.3) is 0 Å². The lowest BCUT2D eigenvalue weighted by molar-refractivity contribution is -0.141. The van der Waals surface area contributed by atoms with Gasteiger partial charge in [0, 0.05) is 5.38 Å². The summed E-state index contributed by atoms with van der Waals surface area (Å²) in [7, 11) is 1.28. The zero-order chi connectivity index (χ0) is 15.5. The van der Waals surface area contributed by atoms with Crippen molar-refractivity contribution in [3.05, 3.63) is 35.1 Å². The summed E-state index contributed by atoms with van der Waals surface area (Å²) >= 11 is 1.23. The monoisotopic (exact) mass is 317 g/mol. The van der Waals surface area contributed by atoms with E-state index in [9.17, 15) is 18.0 Å². The van der Waals surface area contributed by atoms with Crippen molar-refractivity contribution in [2.75, 3.05) is 12.4 Å². The number of nitrogens with one attached hydrogen (secondary N) is 1. The first-order valence-corrected chi connectivity index (χ1v) is 6.58. The number of hydrogen-bond donors (Lipinski definition) is 1. The largest absolute Gasteiger partial charge is 0.469 e. The third kappa shape index (κ3) is 4.15. The van der Waals surface area contributed by atoms with Crippen LogP contribution in [0, 0.1) is 0 Å². The van der Waals surface area contributed by atoms with E-state index >= 15 is 0 Å². The molecule has 0 aliphatic heterocycles. The molecule has 9 heteroatoms. The Hall–Kier alpha value is -2.16. The molecule has 1 N–H and O–H groups in total. The summed E-state index contributed by atoms with van der Waals surface area (Å²) < 4.78 is 41.6. The zero-order valence-corrected chi connectivity index (χ0v) is 11.6. The van der Waals surface area contributed by atoms with E-state index in [1.165, 1.54) is 24.5 Å². The van der Waals surface area contributed by atoms with Gasteiger partial charge in [-0.2, -0.15) is 13.2 Å². The van der Waals surface area contributed by atoms with Crippen LogP contribution in [0.2, 0.25) is 0 Å². The summed E-state index contributed by atoms with van der Waals surface area (Å²) in [4.78, 5) is 18.5. The number of nitrogens with zero attached hydrogens (tertiary/aromatic N) is 2. The lowest BCUT2D eigenvalue weighted by Gasteiger charge is -2.06. The molecular weight excluding hydrogens is 307 g/mol. The topological polar surface area (TPSA) is 64.1 Å². The highest BCUT2D eigenvalue weighted by atomic mass is 32.1. The number of esters is 1. The van der Waals surface area contributed by atoms with Crippen LogP contribution in [0.4, 0.5) is 24.0 Å². The summed E-state index contributed by atoms with van der Waals surface area (Å²) in [6, 6.07) is 2.14. The van der Waals surface area contributed by atoms with E-state index in [2.05, 4.69) is 20.0 Å². The highest BCUT2D eigenvalue weighted by molar-refractivity contribution is 7.13. The van der Waals surface area contributed by atoms with Crippen LogP contribution in [0.5, 0.6) is 0 Å².